The van der Waals surface area contributed by atoms with Crippen LogP contribution in [0.15, 0.2) is 0 Å². The van der Waals surface area contributed by atoms with Crippen LogP contribution in [-0.4, -0.2) is 22.4 Å². The fraction of sp³-hybridized carbons (Fsp3) is 1.00. The molecule has 0 radical (unpaired) electrons. The predicted molar refractivity (Wildman–Crippen MR) is 134 cm³/mol. The van der Waals surface area contributed by atoms with E-state index in [0.717, 1.165) is 31.1 Å². The van der Waals surface area contributed by atoms with Crippen LogP contribution in [0.25, 0.3) is 0 Å². The quantitative estimate of drug-likeness (QED) is 0.460. The highest BCUT2D eigenvalue weighted by Gasteiger charge is 2.70. The standard InChI is InChI=1S/C30H54O2/c1-19(2)10-9-11-20(3)21-12-16-30(8)26(21)22(31)18-24-28(6)15-14-25(32)27(4,5)23(28)13-17-29(24,30)7/h19-26,31-32H,9-18H2,1-8H3/t20-,21-,22-,23+,24-,25+,26+,28+,29-,30-/m1/s1. The van der Waals surface area contributed by atoms with Crippen LogP contribution in [0.3, 0.4) is 0 Å². The van der Waals surface area contributed by atoms with Crippen LogP contribution < -0.4 is 0 Å². The molecular formula is C30H54O2. The van der Waals surface area contributed by atoms with Gasteiger partial charge in [0.15, 0.2) is 0 Å². The van der Waals surface area contributed by atoms with Crippen molar-refractivity contribution in [1.29, 1.82) is 0 Å². The van der Waals surface area contributed by atoms with E-state index in [1.807, 2.05) is 0 Å². The van der Waals surface area contributed by atoms with Gasteiger partial charge in [-0.2, -0.15) is 0 Å². The molecule has 4 saturated carbocycles. The Bertz CT molecular complexity index is 684. The number of rotatable bonds is 5. The summed E-state index contributed by atoms with van der Waals surface area (Å²) in [5.74, 6) is 3.83. The van der Waals surface area contributed by atoms with Gasteiger partial charge in [0.2, 0.25) is 0 Å². The zero-order chi connectivity index (χ0) is 23.7. The second-order valence-corrected chi connectivity index (χ2v) is 14.7. The normalized spacial score (nSPS) is 51.1. The lowest BCUT2D eigenvalue weighted by Crippen LogP contribution is -2.66. The van der Waals surface area contributed by atoms with E-state index in [-0.39, 0.29) is 28.5 Å². The molecule has 0 aromatic rings. The van der Waals surface area contributed by atoms with Crippen molar-refractivity contribution >= 4 is 0 Å². The lowest BCUT2D eigenvalue weighted by molar-refractivity contribution is -0.242. The lowest BCUT2D eigenvalue weighted by Gasteiger charge is -2.70. The molecule has 0 aromatic heterocycles. The lowest BCUT2D eigenvalue weighted by atomic mass is 9.35. The van der Waals surface area contributed by atoms with Gasteiger partial charge in [-0.15, -0.1) is 0 Å². The van der Waals surface area contributed by atoms with Crippen molar-refractivity contribution in [3.63, 3.8) is 0 Å². The Morgan fingerprint density at radius 2 is 1.44 bits per heavy atom. The molecule has 4 fully saturated rings. The Labute approximate surface area is 199 Å². The van der Waals surface area contributed by atoms with Crippen molar-refractivity contribution < 1.29 is 10.2 Å². The van der Waals surface area contributed by atoms with Gasteiger partial charge in [-0.3, -0.25) is 0 Å². The van der Waals surface area contributed by atoms with E-state index < -0.39 is 0 Å². The van der Waals surface area contributed by atoms with Gasteiger partial charge in [-0.25, -0.2) is 0 Å². The fourth-order valence-corrected chi connectivity index (χ4v) is 10.5. The third-order valence-electron chi connectivity index (χ3n) is 12.6. The van der Waals surface area contributed by atoms with E-state index in [4.69, 9.17) is 0 Å². The van der Waals surface area contributed by atoms with Crippen LogP contribution in [0.2, 0.25) is 0 Å². The molecule has 0 aliphatic heterocycles. The van der Waals surface area contributed by atoms with Crippen molar-refractivity contribution in [3.05, 3.63) is 0 Å². The van der Waals surface area contributed by atoms with Crippen LogP contribution in [0.5, 0.6) is 0 Å². The van der Waals surface area contributed by atoms with Gasteiger partial charge in [0.05, 0.1) is 12.2 Å². The number of hydrogen-bond acceptors (Lipinski definition) is 2. The fourth-order valence-electron chi connectivity index (χ4n) is 10.5. The minimum Gasteiger partial charge on any atom is -0.393 e. The molecule has 32 heavy (non-hydrogen) atoms. The molecule has 0 aromatic carbocycles. The number of aliphatic hydroxyl groups excluding tert-OH is 2. The first kappa shape index (κ1) is 25.0. The predicted octanol–water partition coefficient (Wildman–Crippen LogP) is 7.47. The summed E-state index contributed by atoms with van der Waals surface area (Å²) in [5.41, 5.74) is 0.791. The Hall–Kier alpha value is -0.0800. The summed E-state index contributed by atoms with van der Waals surface area (Å²) >= 11 is 0. The van der Waals surface area contributed by atoms with Gasteiger partial charge in [0.25, 0.3) is 0 Å². The molecule has 0 spiro atoms. The Balaban J connectivity index is 1.61. The molecule has 10 atom stereocenters. The molecule has 0 bridgehead atoms. The van der Waals surface area contributed by atoms with E-state index in [0.29, 0.717) is 29.1 Å². The first-order valence-corrected chi connectivity index (χ1v) is 14.1. The van der Waals surface area contributed by atoms with Crippen molar-refractivity contribution in [3.8, 4) is 0 Å². The summed E-state index contributed by atoms with van der Waals surface area (Å²) in [6.07, 6.45) is 11.9. The monoisotopic (exact) mass is 446 g/mol. The highest BCUT2D eigenvalue weighted by Crippen LogP contribution is 2.75. The van der Waals surface area contributed by atoms with Gasteiger partial charge in [-0.1, -0.05) is 74.7 Å². The molecule has 4 aliphatic carbocycles. The van der Waals surface area contributed by atoms with E-state index in [9.17, 15) is 10.2 Å². The number of fused-ring (bicyclic) bond motifs is 5. The van der Waals surface area contributed by atoms with E-state index >= 15 is 0 Å². The smallest absolute Gasteiger partial charge is 0.0594 e. The maximum Gasteiger partial charge on any atom is 0.0594 e. The van der Waals surface area contributed by atoms with Crippen molar-refractivity contribution in [1.82, 2.24) is 0 Å². The summed E-state index contributed by atoms with van der Waals surface area (Å²) < 4.78 is 0. The third-order valence-corrected chi connectivity index (χ3v) is 12.6. The average Bonchev–Trinajstić information content (AvgIpc) is 3.07. The average molecular weight is 447 g/mol. The molecule has 4 aliphatic rings. The summed E-state index contributed by atoms with van der Waals surface area (Å²) in [5, 5.41) is 22.6. The molecule has 2 N–H and O–H groups in total. The first-order valence-electron chi connectivity index (χ1n) is 14.1. The molecule has 4 rings (SSSR count). The topological polar surface area (TPSA) is 40.5 Å². The molecule has 186 valence electrons. The van der Waals surface area contributed by atoms with Crippen molar-refractivity contribution in [2.24, 2.45) is 57.2 Å². The van der Waals surface area contributed by atoms with E-state index in [2.05, 4.69) is 55.4 Å². The van der Waals surface area contributed by atoms with Gasteiger partial charge in [-0.05, 0) is 102 Å². The van der Waals surface area contributed by atoms with Crippen LogP contribution in [0.4, 0.5) is 0 Å². The van der Waals surface area contributed by atoms with Gasteiger partial charge in [0, 0.05) is 0 Å². The van der Waals surface area contributed by atoms with Crippen LogP contribution >= 0.6 is 0 Å². The maximum absolute atomic E-state index is 11.8. The number of hydrogen-bond donors (Lipinski definition) is 2. The second kappa shape index (κ2) is 8.25. The SMILES string of the molecule is CC(C)CCC[C@@H](C)[C@H]1CC[C@]2(C)[C@@H]1[C@H](O)C[C@@H]1[C@@]3(C)CC[C@H](O)C(C)(C)[C@@H]3CC[C@]12C. The highest BCUT2D eigenvalue weighted by atomic mass is 16.3. The maximum atomic E-state index is 11.8. The zero-order valence-corrected chi connectivity index (χ0v) is 22.6. The Kier molecular flexibility index (Phi) is 6.45. The van der Waals surface area contributed by atoms with Crippen LogP contribution in [0.1, 0.15) is 120 Å². The van der Waals surface area contributed by atoms with Crippen molar-refractivity contribution in [2.75, 3.05) is 0 Å². The number of aliphatic hydroxyl groups is 2. The zero-order valence-electron chi connectivity index (χ0n) is 22.6. The second-order valence-electron chi connectivity index (χ2n) is 14.7. The molecule has 0 amide bonds. The minimum absolute atomic E-state index is 0.0137. The minimum atomic E-state index is -0.177. The van der Waals surface area contributed by atoms with Crippen LogP contribution in [0, 0.1) is 57.2 Å². The molecule has 2 nitrogen and oxygen atoms in total. The molecule has 0 unspecified atom stereocenters. The van der Waals surface area contributed by atoms with Gasteiger partial charge >= 0.3 is 0 Å². The van der Waals surface area contributed by atoms with E-state index in [1.54, 1.807) is 0 Å². The Morgan fingerprint density at radius 1 is 0.781 bits per heavy atom. The first-order chi connectivity index (χ1) is 14.8. The van der Waals surface area contributed by atoms with Gasteiger partial charge in [0.1, 0.15) is 0 Å². The van der Waals surface area contributed by atoms with Crippen molar-refractivity contribution in [2.45, 2.75) is 132 Å². The van der Waals surface area contributed by atoms with E-state index in [1.165, 1.54) is 44.9 Å². The molecule has 0 heterocycles. The summed E-state index contributed by atoms with van der Waals surface area (Å²) in [6.45, 7) is 19.6. The summed E-state index contributed by atoms with van der Waals surface area (Å²) in [4.78, 5) is 0. The highest BCUT2D eigenvalue weighted by molar-refractivity contribution is 5.19. The van der Waals surface area contributed by atoms with Gasteiger partial charge < -0.3 is 10.2 Å². The molecular weight excluding hydrogens is 392 g/mol. The Morgan fingerprint density at radius 3 is 2.09 bits per heavy atom. The largest absolute Gasteiger partial charge is 0.393 e. The summed E-state index contributed by atoms with van der Waals surface area (Å²) in [6, 6.07) is 0. The molecule has 0 saturated heterocycles. The third kappa shape index (κ3) is 3.47. The summed E-state index contributed by atoms with van der Waals surface area (Å²) in [7, 11) is 0. The van der Waals surface area contributed by atoms with Crippen LogP contribution in [-0.2, 0) is 0 Å². The molecule has 2 heteroatoms.